The zero-order chi connectivity index (χ0) is 17.9. The molecule has 0 saturated carbocycles. The molecular formula is C24H32N2. The van der Waals surface area contributed by atoms with E-state index >= 15 is 0 Å². The first-order valence-electron chi connectivity index (χ1n) is 10.4. The summed E-state index contributed by atoms with van der Waals surface area (Å²) < 4.78 is 0. The Hall–Kier alpha value is -2.09. The van der Waals surface area contributed by atoms with Crippen molar-refractivity contribution in [3.8, 4) is 11.1 Å². The molecule has 2 aromatic carbocycles. The van der Waals surface area contributed by atoms with E-state index in [0.29, 0.717) is 0 Å². The quantitative estimate of drug-likeness (QED) is 0.628. The van der Waals surface area contributed by atoms with E-state index in [0.717, 1.165) is 24.5 Å². The molecule has 0 radical (unpaired) electrons. The van der Waals surface area contributed by atoms with Gasteiger partial charge in [0.1, 0.15) is 5.84 Å². The Kier molecular flexibility index (Phi) is 7.77. The monoisotopic (exact) mass is 348 g/mol. The molecule has 1 N–H and O–H groups in total. The van der Waals surface area contributed by atoms with Crippen LogP contribution in [0.15, 0.2) is 59.6 Å². The molecule has 26 heavy (non-hydrogen) atoms. The summed E-state index contributed by atoms with van der Waals surface area (Å²) in [7, 11) is 0. The fourth-order valence-corrected chi connectivity index (χ4v) is 3.65. The normalized spacial score (nSPS) is 19.0. The van der Waals surface area contributed by atoms with Crippen LogP contribution in [0, 0.1) is 0 Å². The fourth-order valence-electron chi connectivity index (χ4n) is 3.65. The van der Waals surface area contributed by atoms with Gasteiger partial charge in [0.2, 0.25) is 0 Å². The van der Waals surface area contributed by atoms with Crippen molar-refractivity contribution in [1.29, 1.82) is 0 Å². The number of para-hydroxylation sites is 1. The third-order valence-electron chi connectivity index (χ3n) is 5.16. The first-order valence-corrected chi connectivity index (χ1v) is 10.4. The van der Waals surface area contributed by atoms with E-state index < -0.39 is 0 Å². The highest BCUT2D eigenvalue weighted by molar-refractivity contribution is 5.88. The topological polar surface area (TPSA) is 24.4 Å². The Morgan fingerprint density at radius 3 is 2.00 bits per heavy atom. The second-order valence-corrected chi connectivity index (χ2v) is 7.30. The summed E-state index contributed by atoms with van der Waals surface area (Å²) in [5, 5.41) is 3.64. The lowest BCUT2D eigenvalue weighted by atomic mass is 10.0. The number of hydrogen-bond donors (Lipinski definition) is 1. The first kappa shape index (κ1) is 18.7. The van der Waals surface area contributed by atoms with Gasteiger partial charge in [-0.25, -0.2) is 4.99 Å². The van der Waals surface area contributed by atoms with Gasteiger partial charge in [-0.2, -0.15) is 0 Å². The van der Waals surface area contributed by atoms with Gasteiger partial charge in [0.05, 0.1) is 5.69 Å². The van der Waals surface area contributed by atoms with Crippen molar-refractivity contribution in [3.63, 3.8) is 0 Å². The van der Waals surface area contributed by atoms with Crippen molar-refractivity contribution in [3.05, 3.63) is 54.6 Å². The molecule has 1 aliphatic heterocycles. The third-order valence-corrected chi connectivity index (χ3v) is 5.16. The number of amidine groups is 1. The van der Waals surface area contributed by atoms with Crippen molar-refractivity contribution < 1.29 is 0 Å². The minimum absolute atomic E-state index is 1.05. The molecule has 0 aliphatic carbocycles. The van der Waals surface area contributed by atoms with Crippen LogP contribution in [0.25, 0.3) is 11.1 Å². The molecule has 3 rings (SSSR count). The van der Waals surface area contributed by atoms with E-state index in [1.165, 1.54) is 68.9 Å². The van der Waals surface area contributed by atoms with Crippen LogP contribution in [0.4, 0.5) is 5.69 Å². The molecule has 2 nitrogen and oxygen atoms in total. The minimum atomic E-state index is 1.05. The van der Waals surface area contributed by atoms with E-state index in [1.54, 1.807) is 0 Å². The summed E-state index contributed by atoms with van der Waals surface area (Å²) in [6.45, 7) is 1.05. The van der Waals surface area contributed by atoms with Crippen molar-refractivity contribution in [2.24, 2.45) is 4.99 Å². The summed E-state index contributed by atoms with van der Waals surface area (Å²) in [5.41, 5.74) is 3.52. The van der Waals surface area contributed by atoms with Gasteiger partial charge in [-0.15, -0.1) is 0 Å². The van der Waals surface area contributed by atoms with Gasteiger partial charge < -0.3 is 5.32 Å². The van der Waals surface area contributed by atoms with Crippen LogP contribution in [-0.4, -0.2) is 12.4 Å². The molecule has 1 fully saturated rings. The van der Waals surface area contributed by atoms with E-state index in [-0.39, 0.29) is 0 Å². The summed E-state index contributed by atoms with van der Waals surface area (Å²) in [5.74, 6) is 1.16. The summed E-state index contributed by atoms with van der Waals surface area (Å²) in [4.78, 5) is 5.05. The van der Waals surface area contributed by atoms with Crippen LogP contribution in [0.1, 0.15) is 64.2 Å². The molecule has 0 bridgehead atoms. The highest BCUT2D eigenvalue weighted by Crippen LogP contribution is 2.30. The highest BCUT2D eigenvalue weighted by atomic mass is 15.0. The number of hydrogen-bond acceptors (Lipinski definition) is 1. The van der Waals surface area contributed by atoms with Crippen LogP contribution >= 0.6 is 0 Å². The molecule has 0 amide bonds. The smallest absolute Gasteiger partial charge is 0.102 e. The predicted molar refractivity (Wildman–Crippen MR) is 113 cm³/mol. The van der Waals surface area contributed by atoms with Crippen molar-refractivity contribution in [2.45, 2.75) is 64.2 Å². The lowest BCUT2D eigenvalue weighted by Gasteiger charge is -2.12. The first-order chi connectivity index (χ1) is 12.9. The average Bonchev–Trinajstić information content (AvgIpc) is 2.71. The van der Waals surface area contributed by atoms with E-state index in [4.69, 9.17) is 4.99 Å². The molecule has 138 valence electrons. The van der Waals surface area contributed by atoms with Gasteiger partial charge in [0, 0.05) is 18.5 Å². The van der Waals surface area contributed by atoms with Crippen LogP contribution in [0.3, 0.4) is 0 Å². The average molecular weight is 349 g/mol. The number of benzene rings is 2. The van der Waals surface area contributed by atoms with E-state index in [9.17, 15) is 0 Å². The van der Waals surface area contributed by atoms with Gasteiger partial charge in [-0.3, -0.25) is 0 Å². The SMILES string of the molecule is c1ccc(-c2ccccc2/N=C2/CCCCCCCCCCCN2)cc1. The summed E-state index contributed by atoms with van der Waals surface area (Å²) >= 11 is 0. The van der Waals surface area contributed by atoms with Gasteiger partial charge in [-0.05, 0) is 24.5 Å². The summed E-state index contributed by atoms with van der Waals surface area (Å²) in [6.07, 6.45) is 13.2. The van der Waals surface area contributed by atoms with Crippen LogP contribution < -0.4 is 5.32 Å². The van der Waals surface area contributed by atoms with Crippen molar-refractivity contribution >= 4 is 11.5 Å². The number of rotatable bonds is 2. The number of aliphatic imine (C=N–C) groups is 1. The second kappa shape index (κ2) is 10.8. The van der Waals surface area contributed by atoms with Gasteiger partial charge >= 0.3 is 0 Å². The maximum Gasteiger partial charge on any atom is 0.102 e. The molecule has 0 atom stereocenters. The van der Waals surface area contributed by atoms with Crippen molar-refractivity contribution in [1.82, 2.24) is 5.32 Å². The Morgan fingerprint density at radius 2 is 1.23 bits per heavy atom. The molecule has 1 heterocycles. The number of nitrogens with one attached hydrogen (secondary N) is 1. The minimum Gasteiger partial charge on any atom is -0.374 e. The maximum absolute atomic E-state index is 5.05. The van der Waals surface area contributed by atoms with Gasteiger partial charge in [-0.1, -0.05) is 93.5 Å². The molecule has 0 unspecified atom stereocenters. The van der Waals surface area contributed by atoms with Crippen molar-refractivity contribution in [2.75, 3.05) is 6.54 Å². The van der Waals surface area contributed by atoms with Gasteiger partial charge in [0.15, 0.2) is 0 Å². The van der Waals surface area contributed by atoms with E-state index in [2.05, 4.69) is 59.9 Å². The Balaban J connectivity index is 1.77. The molecule has 1 saturated heterocycles. The Labute approximate surface area is 158 Å². The molecule has 0 aromatic heterocycles. The number of nitrogens with zero attached hydrogens (tertiary/aromatic N) is 1. The molecular weight excluding hydrogens is 316 g/mol. The molecule has 2 heteroatoms. The van der Waals surface area contributed by atoms with Crippen LogP contribution in [0.2, 0.25) is 0 Å². The standard InChI is InChI=1S/C24H32N2/c1-2-4-6-11-19-24(25-20-14-7-5-3-1)26-23-18-13-12-17-22(23)21-15-9-8-10-16-21/h8-10,12-13,15-18H,1-7,11,14,19-20H2,(H,25,26). The lowest BCUT2D eigenvalue weighted by Crippen LogP contribution is -2.24. The second-order valence-electron chi connectivity index (χ2n) is 7.30. The third kappa shape index (κ3) is 6.01. The van der Waals surface area contributed by atoms with Crippen LogP contribution in [-0.2, 0) is 0 Å². The molecule has 1 aliphatic rings. The zero-order valence-electron chi connectivity index (χ0n) is 15.9. The highest BCUT2D eigenvalue weighted by Gasteiger charge is 2.06. The Bertz CT molecular complexity index is 660. The molecule has 2 aromatic rings. The van der Waals surface area contributed by atoms with E-state index in [1.807, 2.05) is 0 Å². The zero-order valence-corrected chi connectivity index (χ0v) is 15.9. The van der Waals surface area contributed by atoms with Crippen LogP contribution in [0.5, 0.6) is 0 Å². The largest absolute Gasteiger partial charge is 0.374 e. The molecule has 0 spiro atoms. The maximum atomic E-state index is 5.05. The predicted octanol–water partition coefficient (Wildman–Crippen LogP) is 6.89. The van der Waals surface area contributed by atoms with Gasteiger partial charge in [0.25, 0.3) is 0 Å². The lowest BCUT2D eigenvalue weighted by molar-refractivity contribution is 0.566. The fraction of sp³-hybridized carbons (Fsp3) is 0.458. The Morgan fingerprint density at radius 1 is 0.615 bits per heavy atom. The summed E-state index contributed by atoms with van der Waals surface area (Å²) in [6, 6.07) is 19.1.